The number of ether oxygens (including phenoxy) is 3. The van der Waals surface area contributed by atoms with Gasteiger partial charge in [-0.1, -0.05) is 31.2 Å². The van der Waals surface area contributed by atoms with Crippen LogP contribution in [0.2, 0.25) is 0 Å². The minimum atomic E-state index is -0.495. The van der Waals surface area contributed by atoms with Gasteiger partial charge in [-0.05, 0) is 36.1 Å². The van der Waals surface area contributed by atoms with E-state index in [1.54, 1.807) is 6.07 Å². The van der Waals surface area contributed by atoms with Crippen LogP contribution < -0.4 is 14.2 Å². The first kappa shape index (κ1) is 15.8. The van der Waals surface area contributed by atoms with Crippen molar-refractivity contribution in [2.45, 2.75) is 32.4 Å². The first-order chi connectivity index (χ1) is 12.2. The number of hydrogen-bond donors (Lipinski definition) is 0. The van der Waals surface area contributed by atoms with E-state index in [9.17, 15) is 4.79 Å². The summed E-state index contributed by atoms with van der Waals surface area (Å²) in [6.45, 7) is 3.57. The van der Waals surface area contributed by atoms with Crippen LogP contribution in [-0.2, 0) is 17.8 Å². The van der Waals surface area contributed by atoms with Crippen molar-refractivity contribution in [1.29, 1.82) is 0 Å². The number of carbonyl (C=O) groups excluding carboxylic acids is 1. The van der Waals surface area contributed by atoms with Crippen molar-refractivity contribution in [2.24, 2.45) is 0 Å². The Morgan fingerprint density at radius 3 is 2.80 bits per heavy atom. The minimum Gasteiger partial charge on any atom is -0.480 e. The quantitative estimate of drug-likeness (QED) is 0.858. The van der Waals surface area contributed by atoms with E-state index >= 15 is 0 Å². The lowest BCUT2D eigenvalue weighted by atomic mass is 9.99. The summed E-state index contributed by atoms with van der Waals surface area (Å²) in [4.78, 5) is 14.8. The molecule has 130 valence electrons. The number of benzene rings is 2. The Balaban J connectivity index is 1.47. The Kier molecular flexibility index (Phi) is 4.22. The third-order valence-corrected chi connectivity index (χ3v) is 4.71. The average Bonchev–Trinajstić information content (AvgIpc) is 3.13. The van der Waals surface area contributed by atoms with Crippen molar-refractivity contribution in [3.05, 3.63) is 53.6 Å². The summed E-state index contributed by atoms with van der Waals surface area (Å²) in [5, 5.41) is 0. The Labute approximate surface area is 147 Å². The number of rotatable bonds is 4. The fraction of sp³-hybridized carbons (Fsp3) is 0.350. The molecule has 2 aliphatic heterocycles. The second-order valence-corrected chi connectivity index (χ2v) is 6.31. The third-order valence-electron chi connectivity index (χ3n) is 4.71. The highest BCUT2D eigenvalue weighted by atomic mass is 16.7. The number of nitrogens with zero attached hydrogens (tertiary/aromatic N) is 1. The largest absolute Gasteiger partial charge is 0.480 e. The molecule has 5 heteroatoms. The monoisotopic (exact) mass is 339 g/mol. The van der Waals surface area contributed by atoms with E-state index in [4.69, 9.17) is 14.2 Å². The maximum Gasteiger partial charge on any atom is 0.263 e. The highest BCUT2D eigenvalue weighted by Gasteiger charge is 2.28. The van der Waals surface area contributed by atoms with Gasteiger partial charge < -0.3 is 19.1 Å². The first-order valence-corrected chi connectivity index (χ1v) is 8.66. The molecule has 5 nitrogen and oxygen atoms in total. The molecule has 0 spiro atoms. The lowest BCUT2D eigenvalue weighted by Crippen LogP contribution is -2.44. The van der Waals surface area contributed by atoms with Crippen LogP contribution in [0.1, 0.15) is 24.5 Å². The number of hydrogen-bond acceptors (Lipinski definition) is 4. The van der Waals surface area contributed by atoms with Crippen molar-refractivity contribution in [3.63, 3.8) is 0 Å². The standard InChI is InChI=1S/C20H21NO4/c1-2-17(25-16-7-8-18-19(11-16)24-13-23-18)20(22)21-10-9-14-5-3-4-6-15(14)12-21/h3-8,11,17H,2,9-10,12-13H2,1H3. The molecule has 0 radical (unpaired) electrons. The van der Waals surface area contributed by atoms with E-state index in [0.717, 1.165) is 13.0 Å². The van der Waals surface area contributed by atoms with E-state index in [2.05, 4.69) is 12.1 Å². The summed E-state index contributed by atoms with van der Waals surface area (Å²) in [6.07, 6.45) is 1.01. The summed E-state index contributed by atoms with van der Waals surface area (Å²) in [5.74, 6) is 2.03. The highest BCUT2D eigenvalue weighted by molar-refractivity contribution is 5.81. The lowest BCUT2D eigenvalue weighted by Gasteiger charge is -2.31. The molecule has 0 fully saturated rings. The SMILES string of the molecule is CCC(Oc1ccc2c(c1)OCO2)C(=O)N1CCc2ccccc2C1. The van der Waals surface area contributed by atoms with E-state index in [0.29, 0.717) is 30.2 Å². The third kappa shape index (κ3) is 3.14. The van der Waals surface area contributed by atoms with Crippen LogP contribution in [-0.4, -0.2) is 30.2 Å². The molecule has 0 aliphatic carbocycles. The Morgan fingerprint density at radius 1 is 1.16 bits per heavy atom. The van der Waals surface area contributed by atoms with E-state index in [-0.39, 0.29) is 12.7 Å². The van der Waals surface area contributed by atoms with Crippen molar-refractivity contribution in [2.75, 3.05) is 13.3 Å². The highest BCUT2D eigenvalue weighted by Crippen LogP contribution is 2.35. The van der Waals surface area contributed by atoms with Gasteiger partial charge in [-0.3, -0.25) is 4.79 Å². The van der Waals surface area contributed by atoms with Crippen LogP contribution in [0.5, 0.6) is 17.2 Å². The molecule has 2 aromatic carbocycles. The normalized spacial score (nSPS) is 16.3. The molecule has 1 atom stereocenters. The van der Waals surface area contributed by atoms with Crippen LogP contribution in [0.25, 0.3) is 0 Å². The van der Waals surface area contributed by atoms with Gasteiger partial charge in [-0.25, -0.2) is 0 Å². The van der Waals surface area contributed by atoms with Gasteiger partial charge in [0.05, 0.1) is 0 Å². The number of carbonyl (C=O) groups is 1. The minimum absolute atomic E-state index is 0.0367. The van der Waals surface area contributed by atoms with Gasteiger partial charge in [-0.15, -0.1) is 0 Å². The average molecular weight is 339 g/mol. The predicted octanol–water partition coefficient (Wildman–Crippen LogP) is 3.16. The number of amides is 1. The molecular weight excluding hydrogens is 318 g/mol. The van der Waals surface area contributed by atoms with Gasteiger partial charge in [0.1, 0.15) is 5.75 Å². The molecule has 4 rings (SSSR count). The van der Waals surface area contributed by atoms with Gasteiger partial charge in [0.2, 0.25) is 6.79 Å². The Morgan fingerprint density at radius 2 is 1.96 bits per heavy atom. The van der Waals surface area contributed by atoms with Crippen LogP contribution in [0.15, 0.2) is 42.5 Å². The van der Waals surface area contributed by atoms with Gasteiger partial charge in [0.25, 0.3) is 5.91 Å². The van der Waals surface area contributed by atoms with Gasteiger partial charge in [0.15, 0.2) is 17.6 Å². The predicted molar refractivity (Wildman–Crippen MR) is 92.8 cm³/mol. The van der Waals surface area contributed by atoms with Crippen molar-refractivity contribution >= 4 is 5.91 Å². The molecule has 0 bridgehead atoms. The lowest BCUT2D eigenvalue weighted by molar-refractivity contribution is -0.139. The Bertz CT molecular complexity index is 789. The van der Waals surface area contributed by atoms with Gasteiger partial charge in [-0.2, -0.15) is 0 Å². The van der Waals surface area contributed by atoms with Gasteiger partial charge >= 0.3 is 0 Å². The van der Waals surface area contributed by atoms with E-state index in [1.807, 2.05) is 36.1 Å². The van der Waals surface area contributed by atoms with Crippen LogP contribution in [0, 0.1) is 0 Å². The second kappa shape index (κ2) is 6.67. The van der Waals surface area contributed by atoms with Crippen LogP contribution in [0.4, 0.5) is 0 Å². The molecular formula is C20H21NO4. The summed E-state index contributed by atoms with van der Waals surface area (Å²) in [6, 6.07) is 13.7. The molecule has 2 aliphatic rings. The zero-order chi connectivity index (χ0) is 17.2. The fourth-order valence-electron chi connectivity index (χ4n) is 3.31. The molecule has 25 heavy (non-hydrogen) atoms. The maximum absolute atomic E-state index is 12.9. The summed E-state index contributed by atoms with van der Waals surface area (Å²) < 4.78 is 16.6. The van der Waals surface area contributed by atoms with Crippen LogP contribution >= 0.6 is 0 Å². The molecule has 1 unspecified atom stereocenters. The van der Waals surface area contributed by atoms with Crippen molar-refractivity contribution in [3.8, 4) is 17.2 Å². The maximum atomic E-state index is 12.9. The smallest absolute Gasteiger partial charge is 0.263 e. The van der Waals surface area contributed by atoms with Crippen molar-refractivity contribution in [1.82, 2.24) is 4.90 Å². The van der Waals surface area contributed by atoms with Crippen LogP contribution in [0.3, 0.4) is 0 Å². The molecule has 1 amide bonds. The van der Waals surface area contributed by atoms with E-state index < -0.39 is 6.10 Å². The molecule has 2 aromatic rings. The zero-order valence-electron chi connectivity index (χ0n) is 14.2. The summed E-state index contributed by atoms with van der Waals surface area (Å²) in [7, 11) is 0. The number of fused-ring (bicyclic) bond motifs is 2. The molecule has 0 N–H and O–H groups in total. The molecule has 2 heterocycles. The molecule has 0 saturated carbocycles. The zero-order valence-corrected chi connectivity index (χ0v) is 14.2. The molecule has 0 aromatic heterocycles. The Hall–Kier alpha value is -2.69. The van der Waals surface area contributed by atoms with Gasteiger partial charge in [0, 0.05) is 19.2 Å². The molecule has 0 saturated heterocycles. The summed E-state index contributed by atoms with van der Waals surface area (Å²) in [5.41, 5.74) is 2.55. The first-order valence-electron chi connectivity index (χ1n) is 8.66. The summed E-state index contributed by atoms with van der Waals surface area (Å²) >= 11 is 0. The topological polar surface area (TPSA) is 48.0 Å². The fourth-order valence-corrected chi connectivity index (χ4v) is 3.31. The van der Waals surface area contributed by atoms with E-state index in [1.165, 1.54) is 11.1 Å². The van der Waals surface area contributed by atoms with Crippen molar-refractivity contribution < 1.29 is 19.0 Å². The second-order valence-electron chi connectivity index (χ2n) is 6.31.